The summed E-state index contributed by atoms with van der Waals surface area (Å²) in [6.07, 6.45) is 0. The average Bonchev–Trinajstić information content (AvgIpc) is 2.37. The minimum absolute atomic E-state index is 0.0547. The smallest absolute Gasteiger partial charge is 0.261 e. The zero-order valence-electron chi connectivity index (χ0n) is 9.90. The Morgan fingerprint density at radius 2 is 1.75 bits per heavy atom. The van der Waals surface area contributed by atoms with Crippen LogP contribution in [0.4, 0.5) is 15.8 Å². The van der Waals surface area contributed by atoms with Crippen molar-refractivity contribution in [3.05, 3.63) is 51.2 Å². The lowest BCUT2D eigenvalue weighted by Gasteiger charge is -2.09. The van der Waals surface area contributed by atoms with Crippen LogP contribution in [0, 0.1) is 5.82 Å². The molecule has 2 rings (SSSR count). The fraction of sp³-hybridized carbons (Fsp3) is 0. The fourth-order valence-corrected chi connectivity index (χ4v) is 3.43. The van der Waals surface area contributed by atoms with Crippen molar-refractivity contribution in [3.63, 3.8) is 0 Å². The zero-order valence-corrected chi connectivity index (χ0v) is 13.9. The van der Waals surface area contributed by atoms with Crippen LogP contribution in [0.25, 0.3) is 0 Å². The zero-order chi connectivity index (χ0) is 14.9. The molecule has 106 valence electrons. The molecular formula is C12H9Br2FN2O2S. The molecule has 2 aromatic rings. The molecular weight excluding hydrogens is 415 g/mol. The standard InChI is InChI=1S/C12H9Br2FN2O2S/c13-9-5-7(1-3-11(9)15)17-20(18,19)8-2-4-12(16)10(14)6-8/h1-6,17H,16H2. The first-order valence-electron chi connectivity index (χ1n) is 5.32. The van der Waals surface area contributed by atoms with Gasteiger partial charge in [-0.15, -0.1) is 0 Å². The molecule has 2 aromatic carbocycles. The summed E-state index contributed by atoms with van der Waals surface area (Å²) in [5.41, 5.74) is 6.31. The second-order valence-corrected chi connectivity index (χ2v) is 7.31. The number of nitrogens with one attached hydrogen (secondary N) is 1. The van der Waals surface area contributed by atoms with Crippen LogP contribution in [0.2, 0.25) is 0 Å². The molecule has 8 heteroatoms. The number of sulfonamides is 1. The number of hydrogen-bond donors (Lipinski definition) is 2. The summed E-state index contributed by atoms with van der Waals surface area (Å²) in [4.78, 5) is 0.0547. The Kier molecular flexibility index (Phi) is 4.36. The number of halogens is 3. The van der Waals surface area contributed by atoms with Gasteiger partial charge in [0, 0.05) is 10.2 Å². The minimum Gasteiger partial charge on any atom is -0.398 e. The van der Waals surface area contributed by atoms with Crippen molar-refractivity contribution in [2.45, 2.75) is 4.90 Å². The van der Waals surface area contributed by atoms with Gasteiger partial charge in [0.05, 0.1) is 15.1 Å². The highest BCUT2D eigenvalue weighted by Gasteiger charge is 2.16. The third-order valence-electron chi connectivity index (χ3n) is 2.45. The van der Waals surface area contributed by atoms with Crippen LogP contribution in [0.15, 0.2) is 50.2 Å². The lowest BCUT2D eigenvalue weighted by atomic mass is 10.3. The maximum atomic E-state index is 13.1. The van der Waals surface area contributed by atoms with E-state index in [4.69, 9.17) is 5.73 Å². The number of benzene rings is 2. The van der Waals surface area contributed by atoms with Gasteiger partial charge in [0.15, 0.2) is 0 Å². The Bertz CT molecular complexity index is 766. The van der Waals surface area contributed by atoms with E-state index in [0.29, 0.717) is 10.2 Å². The monoisotopic (exact) mass is 422 g/mol. The third kappa shape index (κ3) is 3.31. The SMILES string of the molecule is Nc1ccc(S(=O)(=O)Nc2ccc(F)c(Br)c2)cc1Br. The summed E-state index contributed by atoms with van der Waals surface area (Å²) in [5, 5.41) is 0. The average molecular weight is 424 g/mol. The molecule has 0 spiro atoms. The van der Waals surface area contributed by atoms with Gasteiger partial charge >= 0.3 is 0 Å². The second kappa shape index (κ2) is 5.71. The van der Waals surface area contributed by atoms with Crippen LogP contribution in [0.5, 0.6) is 0 Å². The van der Waals surface area contributed by atoms with E-state index in [0.717, 1.165) is 0 Å². The largest absolute Gasteiger partial charge is 0.398 e. The van der Waals surface area contributed by atoms with Crippen molar-refractivity contribution >= 4 is 53.3 Å². The summed E-state index contributed by atoms with van der Waals surface area (Å²) >= 11 is 6.17. The van der Waals surface area contributed by atoms with Gasteiger partial charge in [-0.1, -0.05) is 0 Å². The number of hydrogen-bond acceptors (Lipinski definition) is 3. The maximum Gasteiger partial charge on any atom is 0.261 e. The number of nitrogens with two attached hydrogens (primary N) is 1. The molecule has 0 aliphatic rings. The van der Waals surface area contributed by atoms with E-state index in [9.17, 15) is 12.8 Å². The molecule has 4 nitrogen and oxygen atoms in total. The van der Waals surface area contributed by atoms with Crippen LogP contribution in [0.3, 0.4) is 0 Å². The first-order chi connectivity index (χ1) is 9.29. The molecule has 0 radical (unpaired) electrons. The Labute approximate surface area is 132 Å². The summed E-state index contributed by atoms with van der Waals surface area (Å²) in [6, 6.07) is 8.13. The van der Waals surface area contributed by atoms with E-state index in [1.165, 1.54) is 36.4 Å². The van der Waals surface area contributed by atoms with Crippen LogP contribution in [-0.2, 0) is 10.0 Å². The van der Waals surface area contributed by atoms with Gasteiger partial charge in [-0.05, 0) is 68.3 Å². The summed E-state index contributed by atoms with van der Waals surface area (Å²) in [6.45, 7) is 0. The molecule has 0 bridgehead atoms. The van der Waals surface area contributed by atoms with Gasteiger partial charge in [0.1, 0.15) is 5.82 Å². The molecule has 0 aromatic heterocycles. The highest BCUT2D eigenvalue weighted by atomic mass is 79.9. The van der Waals surface area contributed by atoms with E-state index in [1.807, 2.05) is 0 Å². The summed E-state index contributed by atoms with van der Waals surface area (Å²) in [5.74, 6) is -0.469. The highest BCUT2D eigenvalue weighted by molar-refractivity contribution is 9.10. The van der Waals surface area contributed by atoms with E-state index in [-0.39, 0.29) is 15.1 Å². The van der Waals surface area contributed by atoms with E-state index >= 15 is 0 Å². The molecule has 0 fully saturated rings. The van der Waals surface area contributed by atoms with Gasteiger partial charge in [0.2, 0.25) is 0 Å². The number of nitrogen functional groups attached to an aromatic ring is 1. The Balaban J connectivity index is 2.35. The van der Waals surface area contributed by atoms with Gasteiger partial charge < -0.3 is 5.73 Å². The van der Waals surface area contributed by atoms with E-state index in [1.54, 1.807) is 0 Å². The molecule has 0 atom stereocenters. The van der Waals surface area contributed by atoms with Gasteiger partial charge in [0.25, 0.3) is 10.0 Å². The predicted molar refractivity (Wildman–Crippen MR) is 83.5 cm³/mol. The lowest BCUT2D eigenvalue weighted by molar-refractivity contribution is 0.601. The van der Waals surface area contributed by atoms with Crippen LogP contribution in [0.1, 0.15) is 0 Å². The van der Waals surface area contributed by atoms with Crippen molar-refractivity contribution < 1.29 is 12.8 Å². The van der Waals surface area contributed by atoms with Crippen molar-refractivity contribution in [2.24, 2.45) is 0 Å². The van der Waals surface area contributed by atoms with E-state index < -0.39 is 15.8 Å². The molecule has 0 saturated carbocycles. The maximum absolute atomic E-state index is 13.1. The molecule has 0 aliphatic heterocycles. The van der Waals surface area contributed by atoms with E-state index in [2.05, 4.69) is 36.6 Å². The molecule has 0 heterocycles. The molecule has 0 amide bonds. The van der Waals surface area contributed by atoms with Gasteiger partial charge in [-0.3, -0.25) is 4.72 Å². The number of anilines is 2. The number of rotatable bonds is 3. The lowest BCUT2D eigenvalue weighted by Crippen LogP contribution is -2.13. The third-order valence-corrected chi connectivity index (χ3v) is 5.13. The van der Waals surface area contributed by atoms with Crippen LogP contribution in [-0.4, -0.2) is 8.42 Å². The molecule has 0 unspecified atom stereocenters. The van der Waals surface area contributed by atoms with Crippen molar-refractivity contribution in [1.82, 2.24) is 0 Å². The van der Waals surface area contributed by atoms with Gasteiger partial charge in [-0.25, -0.2) is 12.8 Å². The predicted octanol–water partition coefficient (Wildman–Crippen LogP) is 3.73. The highest BCUT2D eigenvalue weighted by Crippen LogP contribution is 2.26. The quantitative estimate of drug-likeness (QED) is 0.738. The van der Waals surface area contributed by atoms with Crippen molar-refractivity contribution in [1.29, 1.82) is 0 Å². The summed E-state index contributed by atoms with van der Waals surface area (Å²) in [7, 11) is -3.76. The first kappa shape index (κ1) is 15.3. The minimum atomic E-state index is -3.76. The Morgan fingerprint density at radius 3 is 2.35 bits per heavy atom. The summed E-state index contributed by atoms with van der Waals surface area (Å²) < 4.78 is 40.5. The van der Waals surface area contributed by atoms with Crippen LogP contribution >= 0.6 is 31.9 Å². The first-order valence-corrected chi connectivity index (χ1v) is 8.39. The van der Waals surface area contributed by atoms with Crippen molar-refractivity contribution in [2.75, 3.05) is 10.5 Å². The molecule has 0 saturated heterocycles. The fourth-order valence-electron chi connectivity index (χ4n) is 1.45. The molecule has 3 N–H and O–H groups in total. The molecule has 0 aliphatic carbocycles. The Morgan fingerprint density at radius 1 is 1.05 bits per heavy atom. The topological polar surface area (TPSA) is 72.2 Å². The molecule has 20 heavy (non-hydrogen) atoms. The van der Waals surface area contributed by atoms with Crippen molar-refractivity contribution in [3.8, 4) is 0 Å². The normalized spacial score (nSPS) is 11.3. The Hall–Kier alpha value is -1.12. The second-order valence-electron chi connectivity index (χ2n) is 3.92. The van der Waals surface area contributed by atoms with Crippen LogP contribution < -0.4 is 10.5 Å². The van der Waals surface area contributed by atoms with Gasteiger partial charge in [-0.2, -0.15) is 0 Å².